The summed E-state index contributed by atoms with van der Waals surface area (Å²) in [6.07, 6.45) is 0. The smallest absolute Gasteiger partial charge is 0.264 e. The molecule has 2 aromatic carbocycles. The number of hydrogen-bond acceptors (Lipinski definition) is 4. The van der Waals surface area contributed by atoms with E-state index in [9.17, 15) is 14.4 Å². The highest BCUT2D eigenvalue weighted by molar-refractivity contribution is 6.31. The zero-order valence-electron chi connectivity index (χ0n) is 12.6. The third-order valence-corrected chi connectivity index (χ3v) is 4.14. The van der Waals surface area contributed by atoms with Gasteiger partial charge in [0.05, 0.1) is 11.1 Å². The molecule has 3 amide bonds. The summed E-state index contributed by atoms with van der Waals surface area (Å²) in [6, 6.07) is 11.8. The van der Waals surface area contributed by atoms with Crippen molar-refractivity contribution in [3.8, 4) is 0 Å². The van der Waals surface area contributed by atoms with E-state index in [1.165, 1.54) is 6.07 Å². The average Bonchev–Trinajstić information content (AvgIpc) is 2.80. The van der Waals surface area contributed by atoms with Crippen LogP contribution in [0.2, 0.25) is 5.02 Å². The van der Waals surface area contributed by atoms with Gasteiger partial charge in [-0.2, -0.15) is 0 Å². The second-order valence-corrected chi connectivity index (χ2v) is 5.74. The van der Waals surface area contributed by atoms with Crippen molar-refractivity contribution < 1.29 is 14.4 Å². The number of rotatable bonds is 4. The lowest BCUT2D eigenvalue weighted by molar-refractivity contribution is -0.121. The molecule has 0 fully saturated rings. The van der Waals surface area contributed by atoms with E-state index in [4.69, 9.17) is 17.3 Å². The Bertz CT molecular complexity index is 851. The van der Waals surface area contributed by atoms with E-state index in [1.54, 1.807) is 36.4 Å². The van der Waals surface area contributed by atoms with Crippen molar-refractivity contribution in [1.29, 1.82) is 0 Å². The Hall–Kier alpha value is -2.86. The Balaban J connectivity index is 1.68. The second-order valence-electron chi connectivity index (χ2n) is 5.33. The molecule has 0 saturated heterocycles. The molecular formula is C17H14ClN3O3. The van der Waals surface area contributed by atoms with E-state index >= 15 is 0 Å². The summed E-state index contributed by atoms with van der Waals surface area (Å²) in [5.74, 6) is -1.53. The van der Waals surface area contributed by atoms with Gasteiger partial charge in [-0.3, -0.25) is 19.3 Å². The van der Waals surface area contributed by atoms with E-state index < -0.39 is 17.7 Å². The molecule has 3 N–H and O–H groups in total. The largest absolute Gasteiger partial charge is 0.398 e. The Morgan fingerprint density at radius 3 is 2.54 bits per heavy atom. The molecule has 1 aliphatic heterocycles. The number of nitrogens with two attached hydrogens (primary N) is 1. The number of anilines is 1. The first-order valence-electron chi connectivity index (χ1n) is 7.24. The Morgan fingerprint density at radius 1 is 1.08 bits per heavy atom. The maximum absolute atomic E-state index is 12.3. The molecule has 0 aromatic heterocycles. The number of amides is 3. The maximum Gasteiger partial charge on any atom is 0.264 e. The van der Waals surface area contributed by atoms with Crippen LogP contribution in [0.4, 0.5) is 5.69 Å². The number of hydrogen-bond donors (Lipinski definition) is 2. The van der Waals surface area contributed by atoms with Crippen molar-refractivity contribution in [3.63, 3.8) is 0 Å². The normalized spacial score (nSPS) is 13.1. The third kappa shape index (κ3) is 2.83. The summed E-state index contributed by atoms with van der Waals surface area (Å²) in [7, 11) is 0. The molecule has 0 unspecified atom stereocenters. The molecule has 6 nitrogen and oxygen atoms in total. The van der Waals surface area contributed by atoms with Crippen LogP contribution in [-0.4, -0.2) is 29.2 Å². The molecule has 0 radical (unpaired) electrons. The average molecular weight is 344 g/mol. The number of carbonyl (C=O) groups is 3. The fourth-order valence-corrected chi connectivity index (χ4v) is 2.74. The number of halogens is 1. The topological polar surface area (TPSA) is 92.5 Å². The van der Waals surface area contributed by atoms with Crippen molar-refractivity contribution in [2.24, 2.45) is 0 Å². The van der Waals surface area contributed by atoms with Crippen LogP contribution in [0, 0.1) is 0 Å². The number of carbonyl (C=O) groups excluding carboxylic acids is 3. The fraction of sp³-hybridized carbons (Fsp3) is 0.118. The van der Waals surface area contributed by atoms with E-state index in [0.717, 1.165) is 10.5 Å². The summed E-state index contributed by atoms with van der Waals surface area (Å²) in [4.78, 5) is 37.6. The van der Waals surface area contributed by atoms with Crippen LogP contribution >= 0.6 is 11.6 Å². The van der Waals surface area contributed by atoms with Crippen LogP contribution in [-0.2, 0) is 11.3 Å². The van der Waals surface area contributed by atoms with Crippen molar-refractivity contribution in [3.05, 3.63) is 64.2 Å². The van der Waals surface area contributed by atoms with Crippen LogP contribution in [0.5, 0.6) is 0 Å². The summed E-state index contributed by atoms with van der Waals surface area (Å²) in [6.45, 7) is -0.153. The van der Waals surface area contributed by atoms with Gasteiger partial charge >= 0.3 is 0 Å². The van der Waals surface area contributed by atoms with Crippen LogP contribution in [0.25, 0.3) is 0 Å². The predicted octanol–water partition coefficient (Wildman–Crippen LogP) is 1.83. The molecule has 122 valence electrons. The summed E-state index contributed by atoms with van der Waals surface area (Å²) in [5, 5.41) is 3.18. The number of fused-ring (bicyclic) bond motifs is 1. The minimum Gasteiger partial charge on any atom is -0.398 e. The van der Waals surface area contributed by atoms with Crippen LogP contribution in [0.3, 0.4) is 0 Å². The molecule has 0 atom stereocenters. The monoisotopic (exact) mass is 343 g/mol. The molecular weight excluding hydrogens is 330 g/mol. The van der Waals surface area contributed by atoms with Gasteiger partial charge in [0.2, 0.25) is 5.91 Å². The first kappa shape index (κ1) is 16.0. The van der Waals surface area contributed by atoms with Gasteiger partial charge in [-0.1, -0.05) is 35.9 Å². The number of nitrogen functional groups attached to an aromatic ring is 1. The minimum atomic E-state index is -0.555. The van der Waals surface area contributed by atoms with Crippen LogP contribution in [0.15, 0.2) is 42.5 Å². The zero-order valence-corrected chi connectivity index (χ0v) is 13.3. The molecule has 7 heteroatoms. The lowest BCUT2D eigenvalue weighted by Crippen LogP contribution is -2.40. The number of nitrogens with zero attached hydrogens (tertiary/aromatic N) is 1. The van der Waals surface area contributed by atoms with Gasteiger partial charge in [0, 0.05) is 17.3 Å². The highest BCUT2D eigenvalue weighted by Gasteiger charge is 2.37. The third-order valence-electron chi connectivity index (χ3n) is 3.77. The SMILES string of the molecule is Nc1cccc2c1C(=O)N(CC(=O)NCc1ccccc1Cl)C2=O. The Morgan fingerprint density at radius 2 is 1.83 bits per heavy atom. The summed E-state index contributed by atoms with van der Waals surface area (Å²) in [5.41, 5.74) is 7.11. The van der Waals surface area contributed by atoms with Gasteiger partial charge in [-0.15, -0.1) is 0 Å². The molecule has 1 heterocycles. The van der Waals surface area contributed by atoms with Crippen LogP contribution in [0.1, 0.15) is 26.3 Å². The van der Waals surface area contributed by atoms with Crippen molar-refractivity contribution >= 4 is 35.0 Å². The van der Waals surface area contributed by atoms with E-state index in [1.807, 2.05) is 0 Å². The van der Waals surface area contributed by atoms with E-state index in [-0.39, 0.29) is 29.9 Å². The number of imide groups is 1. The predicted molar refractivity (Wildman–Crippen MR) is 89.5 cm³/mol. The molecule has 2 aromatic rings. The Kier molecular flexibility index (Phi) is 4.22. The first-order valence-corrected chi connectivity index (χ1v) is 7.61. The molecule has 1 aliphatic rings. The highest BCUT2D eigenvalue weighted by Crippen LogP contribution is 2.27. The first-order chi connectivity index (χ1) is 11.5. The van der Waals surface area contributed by atoms with Crippen molar-refractivity contribution in [2.75, 3.05) is 12.3 Å². The summed E-state index contributed by atoms with van der Waals surface area (Å²) < 4.78 is 0. The molecule has 3 rings (SSSR count). The van der Waals surface area contributed by atoms with E-state index in [0.29, 0.717) is 5.02 Å². The van der Waals surface area contributed by atoms with Gasteiger partial charge in [-0.25, -0.2) is 0 Å². The molecule has 0 bridgehead atoms. The lowest BCUT2D eigenvalue weighted by Gasteiger charge is -2.14. The lowest BCUT2D eigenvalue weighted by atomic mass is 10.1. The van der Waals surface area contributed by atoms with Crippen molar-refractivity contribution in [2.45, 2.75) is 6.54 Å². The molecule has 0 saturated carbocycles. The molecule has 24 heavy (non-hydrogen) atoms. The second kappa shape index (κ2) is 6.33. The zero-order chi connectivity index (χ0) is 17.3. The molecule has 0 spiro atoms. The van der Waals surface area contributed by atoms with Gasteiger partial charge in [0.15, 0.2) is 0 Å². The van der Waals surface area contributed by atoms with Gasteiger partial charge in [0.25, 0.3) is 11.8 Å². The van der Waals surface area contributed by atoms with Gasteiger partial charge in [0.1, 0.15) is 6.54 Å². The number of nitrogens with one attached hydrogen (secondary N) is 1. The fourth-order valence-electron chi connectivity index (χ4n) is 2.54. The van der Waals surface area contributed by atoms with Gasteiger partial charge in [-0.05, 0) is 23.8 Å². The van der Waals surface area contributed by atoms with Crippen molar-refractivity contribution in [1.82, 2.24) is 10.2 Å². The van der Waals surface area contributed by atoms with Crippen LogP contribution < -0.4 is 11.1 Å². The highest BCUT2D eigenvalue weighted by atomic mass is 35.5. The maximum atomic E-state index is 12.3. The Labute approximate surface area is 143 Å². The quantitative estimate of drug-likeness (QED) is 0.654. The van der Waals surface area contributed by atoms with E-state index in [2.05, 4.69) is 5.32 Å². The standard InChI is InChI=1S/C17H14ClN3O3/c18-12-6-2-1-4-10(12)8-20-14(22)9-21-16(23)11-5-3-7-13(19)15(11)17(21)24/h1-7H,8-9,19H2,(H,20,22). The van der Waals surface area contributed by atoms with Gasteiger partial charge < -0.3 is 11.1 Å². The summed E-state index contributed by atoms with van der Waals surface area (Å²) >= 11 is 6.02. The molecule has 0 aliphatic carbocycles. The number of benzene rings is 2. The minimum absolute atomic E-state index is 0.154.